The molecule has 0 spiro atoms. The summed E-state index contributed by atoms with van der Waals surface area (Å²) in [5.74, 6) is -0.152. The molecule has 0 unspecified atom stereocenters. The summed E-state index contributed by atoms with van der Waals surface area (Å²) in [6.45, 7) is 2.61. The molecule has 0 aliphatic carbocycles. The van der Waals surface area contributed by atoms with Crippen LogP contribution in [0.25, 0.3) is 0 Å². The Balaban J connectivity index is 1.71. The van der Waals surface area contributed by atoms with Crippen molar-refractivity contribution in [2.45, 2.75) is 13.5 Å². The molecule has 23 heavy (non-hydrogen) atoms. The molecule has 116 valence electrons. The zero-order valence-corrected chi connectivity index (χ0v) is 13.4. The molecule has 0 saturated carbocycles. The van der Waals surface area contributed by atoms with Gasteiger partial charge >= 0.3 is 0 Å². The van der Waals surface area contributed by atoms with Gasteiger partial charge in [0, 0.05) is 28.7 Å². The normalized spacial score (nSPS) is 10.5. The Morgan fingerprint density at radius 3 is 2.70 bits per heavy atom. The van der Waals surface area contributed by atoms with E-state index < -0.39 is 0 Å². The summed E-state index contributed by atoms with van der Waals surface area (Å²) in [4.78, 5) is 12.3. The number of aromatic nitrogens is 2. The smallest absolute Gasteiger partial charge is 0.255 e. The number of carbonyl (C=O) groups is 1. The van der Waals surface area contributed by atoms with Gasteiger partial charge in [-0.2, -0.15) is 5.10 Å². The Bertz CT molecular complexity index is 811. The molecule has 1 aromatic heterocycles. The summed E-state index contributed by atoms with van der Waals surface area (Å²) in [6.07, 6.45) is 3.65. The maximum absolute atomic E-state index is 12.3. The highest BCUT2D eigenvalue weighted by molar-refractivity contribution is 6.31. The first-order chi connectivity index (χ1) is 11.1. The van der Waals surface area contributed by atoms with Crippen molar-refractivity contribution in [1.29, 1.82) is 0 Å². The third-order valence-corrected chi connectivity index (χ3v) is 3.80. The molecular weight excluding hydrogens is 310 g/mol. The Kier molecular flexibility index (Phi) is 4.44. The van der Waals surface area contributed by atoms with Crippen molar-refractivity contribution >= 4 is 23.2 Å². The third kappa shape index (κ3) is 3.79. The third-order valence-electron chi connectivity index (χ3n) is 3.57. The van der Waals surface area contributed by atoms with Crippen LogP contribution in [0.5, 0.6) is 0 Å². The molecule has 0 fully saturated rings. The van der Waals surface area contributed by atoms with Crippen LogP contribution in [-0.4, -0.2) is 15.7 Å². The fraction of sp³-hybridized carbons (Fsp3) is 0.111. The number of hydrogen-bond acceptors (Lipinski definition) is 2. The lowest BCUT2D eigenvalue weighted by Crippen LogP contribution is -2.13. The van der Waals surface area contributed by atoms with Crippen molar-refractivity contribution < 1.29 is 4.79 Å². The van der Waals surface area contributed by atoms with E-state index in [4.69, 9.17) is 11.6 Å². The van der Waals surface area contributed by atoms with Crippen molar-refractivity contribution in [3.63, 3.8) is 0 Å². The molecule has 0 saturated heterocycles. The number of aryl methyl sites for hydroxylation is 1. The predicted molar refractivity (Wildman–Crippen MR) is 91.9 cm³/mol. The lowest BCUT2D eigenvalue weighted by molar-refractivity contribution is 0.102. The standard InChI is InChI=1S/C18H16ClN3O/c1-13-3-8-16(19)11-17(13)21-18(23)15-6-4-14(5-7-15)12-22-10-2-9-20-22/h2-11H,12H2,1H3,(H,21,23). The monoisotopic (exact) mass is 325 g/mol. The second-order valence-corrected chi connectivity index (χ2v) is 5.75. The first kappa shape index (κ1) is 15.3. The van der Waals surface area contributed by atoms with Gasteiger partial charge in [0.25, 0.3) is 5.91 Å². The Morgan fingerprint density at radius 2 is 2.00 bits per heavy atom. The van der Waals surface area contributed by atoms with Gasteiger partial charge in [-0.25, -0.2) is 0 Å². The van der Waals surface area contributed by atoms with Gasteiger partial charge in [0.15, 0.2) is 0 Å². The van der Waals surface area contributed by atoms with Gasteiger partial charge in [0.1, 0.15) is 0 Å². The number of nitrogens with zero attached hydrogens (tertiary/aromatic N) is 2. The largest absolute Gasteiger partial charge is 0.322 e. The molecule has 1 N–H and O–H groups in total. The lowest BCUT2D eigenvalue weighted by Gasteiger charge is -2.09. The topological polar surface area (TPSA) is 46.9 Å². The molecule has 1 heterocycles. The molecule has 4 nitrogen and oxygen atoms in total. The summed E-state index contributed by atoms with van der Waals surface area (Å²) in [6, 6.07) is 14.8. The fourth-order valence-corrected chi connectivity index (χ4v) is 2.44. The van der Waals surface area contributed by atoms with Crippen LogP contribution in [0.15, 0.2) is 60.9 Å². The maximum atomic E-state index is 12.3. The predicted octanol–water partition coefficient (Wildman–Crippen LogP) is 4.15. The van der Waals surface area contributed by atoms with Crippen LogP contribution in [0.2, 0.25) is 5.02 Å². The number of halogens is 1. The SMILES string of the molecule is Cc1ccc(Cl)cc1NC(=O)c1ccc(Cn2cccn2)cc1. The van der Waals surface area contributed by atoms with E-state index in [-0.39, 0.29) is 5.91 Å². The van der Waals surface area contributed by atoms with E-state index in [1.54, 1.807) is 18.3 Å². The van der Waals surface area contributed by atoms with Gasteiger partial charge in [0.05, 0.1) is 6.54 Å². The maximum Gasteiger partial charge on any atom is 0.255 e. The molecule has 0 bridgehead atoms. The van der Waals surface area contributed by atoms with Crippen LogP contribution in [0.1, 0.15) is 21.5 Å². The first-order valence-electron chi connectivity index (χ1n) is 7.26. The van der Waals surface area contributed by atoms with Gasteiger partial charge in [-0.15, -0.1) is 0 Å². The molecule has 3 rings (SSSR count). The highest BCUT2D eigenvalue weighted by atomic mass is 35.5. The average molecular weight is 326 g/mol. The highest BCUT2D eigenvalue weighted by Crippen LogP contribution is 2.21. The van der Waals surface area contributed by atoms with Gasteiger partial charge < -0.3 is 5.32 Å². The number of nitrogens with one attached hydrogen (secondary N) is 1. The van der Waals surface area contributed by atoms with Crippen molar-refractivity contribution in [1.82, 2.24) is 9.78 Å². The molecule has 0 atom stereocenters. The minimum Gasteiger partial charge on any atom is -0.322 e. The summed E-state index contributed by atoms with van der Waals surface area (Å²) in [7, 11) is 0. The minimum atomic E-state index is -0.152. The summed E-state index contributed by atoms with van der Waals surface area (Å²) in [5, 5.41) is 7.66. The van der Waals surface area contributed by atoms with Crippen molar-refractivity contribution in [3.8, 4) is 0 Å². The number of amides is 1. The number of rotatable bonds is 4. The van der Waals surface area contributed by atoms with Crippen molar-refractivity contribution in [2.75, 3.05) is 5.32 Å². The van der Waals surface area contributed by atoms with Crippen LogP contribution in [-0.2, 0) is 6.54 Å². The number of hydrogen-bond donors (Lipinski definition) is 1. The molecular formula is C18H16ClN3O. The molecule has 5 heteroatoms. The van der Waals surface area contributed by atoms with Crippen LogP contribution in [0.4, 0.5) is 5.69 Å². The van der Waals surface area contributed by atoms with E-state index in [0.29, 0.717) is 17.1 Å². The zero-order chi connectivity index (χ0) is 16.2. The zero-order valence-electron chi connectivity index (χ0n) is 12.7. The molecule has 2 aromatic carbocycles. The van der Waals surface area contributed by atoms with Gasteiger partial charge in [-0.1, -0.05) is 29.8 Å². The van der Waals surface area contributed by atoms with Crippen LogP contribution in [0, 0.1) is 6.92 Å². The number of benzene rings is 2. The second kappa shape index (κ2) is 6.67. The average Bonchev–Trinajstić information content (AvgIpc) is 3.04. The van der Waals surface area contributed by atoms with E-state index in [9.17, 15) is 4.79 Å². The summed E-state index contributed by atoms with van der Waals surface area (Å²) in [5.41, 5.74) is 3.39. The van der Waals surface area contributed by atoms with Gasteiger partial charge in [0.2, 0.25) is 0 Å². The van der Waals surface area contributed by atoms with Crippen LogP contribution >= 0.6 is 11.6 Å². The first-order valence-corrected chi connectivity index (χ1v) is 7.63. The second-order valence-electron chi connectivity index (χ2n) is 5.31. The molecule has 0 aliphatic rings. The summed E-state index contributed by atoms with van der Waals surface area (Å²) < 4.78 is 1.84. The van der Waals surface area contributed by atoms with Gasteiger partial charge in [-0.05, 0) is 48.4 Å². The molecule has 0 radical (unpaired) electrons. The van der Waals surface area contributed by atoms with E-state index >= 15 is 0 Å². The van der Waals surface area contributed by atoms with E-state index in [2.05, 4.69) is 10.4 Å². The quantitative estimate of drug-likeness (QED) is 0.783. The molecule has 1 amide bonds. The van der Waals surface area contributed by atoms with Gasteiger partial charge in [-0.3, -0.25) is 9.48 Å². The highest BCUT2D eigenvalue weighted by Gasteiger charge is 2.08. The lowest BCUT2D eigenvalue weighted by atomic mass is 10.1. The van der Waals surface area contributed by atoms with E-state index in [0.717, 1.165) is 16.8 Å². The Labute approximate surface area is 139 Å². The number of carbonyl (C=O) groups excluding carboxylic acids is 1. The van der Waals surface area contributed by atoms with Crippen LogP contribution in [0.3, 0.4) is 0 Å². The number of anilines is 1. The van der Waals surface area contributed by atoms with E-state index in [1.807, 2.05) is 54.2 Å². The summed E-state index contributed by atoms with van der Waals surface area (Å²) >= 11 is 5.98. The van der Waals surface area contributed by atoms with Crippen LogP contribution < -0.4 is 5.32 Å². The molecule has 3 aromatic rings. The minimum absolute atomic E-state index is 0.152. The van der Waals surface area contributed by atoms with E-state index in [1.165, 1.54) is 0 Å². The fourth-order valence-electron chi connectivity index (χ4n) is 2.27. The Morgan fingerprint density at radius 1 is 1.22 bits per heavy atom. The van der Waals surface area contributed by atoms with Crippen molar-refractivity contribution in [2.24, 2.45) is 0 Å². The Hall–Kier alpha value is -2.59. The van der Waals surface area contributed by atoms with Crippen molar-refractivity contribution in [3.05, 3.63) is 82.6 Å². The molecule has 0 aliphatic heterocycles.